The molecule has 254 valence electrons. The van der Waals surface area contributed by atoms with Gasteiger partial charge >= 0.3 is 6.03 Å². The molecule has 3 fully saturated rings. The van der Waals surface area contributed by atoms with E-state index in [9.17, 15) is 32.4 Å². The molecule has 12 nitrogen and oxygen atoms in total. The monoisotopic (exact) mass is 659 g/mol. The highest BCUT2D eigenvalue weighted by Crippen LogP contribution is 2.65. The molecule has 4 unspecified atom stereocenters. The molecular weight excluding hydrogens is 610 g/mol. The summed E-state index contributed by atoms with van der Waals surface area (Å²) in [6, 6.07) is 3.55. The smallest absolute Gasteiger partial charge is 0.315 e. The molecule has 4 rings (SSSR count). The minimum absolute atomic E-state index is 0.0453. The third-order valence-electron chi connectivity index (χ3n) is 9.91. The molecule has 0 spiro atoms. The Labute approximate surface area is 271 Å². The number of carbonyl (C=O) groups is 5. The summed E-state index contributed by atoms with van der Waals surface area (Å²) in [4.78, 5) is 67.4. The van der Waals surface area contributed by atoms with E-state index in [4.69, 9.17) is 5.73 Å². The predicted octanol–water partition coefficient (Wildman–Crippen LogP) is 2.02. The van der Waals surface area contributed by atoms with Crippen molar-refractivity contribution in [2.45, 2.75) is 96.8 Å². The van der Waals surface area contributed by atoms with Crippen LogP contribution < -0.4 is 21.7 Å². The van der Waals surface area contributed by atoms with Gasteiger partial charge in [0, 0.05) is 12.6 Å². The first-order valence-electron chi connectivity index (χ1n) is 16.0. The third kappa shape index (κ3) is 7.72. The zero-order chi connectivity index (χ0) is 34.4. The lowest BCUT2D eigenvalue weighted by molar-refractivity contribution is -0.145. The number of urea groups is 1. The molecule has 3 aliphatic rings. The van der Waals surface area contributed by atoms with Crippen molar-refractivity contribution >= 4 is 39.4 Å². The van der Waals surface area contributed by atoms with Gasteiger partial charge in [-0.05, 0) is 53.1 Å². The van der Waals surface area contributed by atoms with E-state index in [1.54, 1.807) is 52.8 Å². The number of primary amides is 1. The molecule has 1 saturated heterocycles. The van der Waals surface area contributed by atoms with Crippen molar-refractivity contribution < 1.29 is 32.4 Å². The molecule has 0 bridgehead atoms. The summed E-state index contributed by atoms with van der Waals surface area (Å²) in [7, 11) is -3.71. The number of carbonyl (C=O) groups excluding carboxylic acids is 5. The maximum absolute atomic E-state index is 14.2. The van der Waals surface area contributed by atoms with Gasteiger partial charge in [-0.25, -0.2) is 13.2 Å². The second-order valence-electron chi connectivity index (χ2n) is 15.2. The first-order chi connectivity index (χ1) is 21.3. The predicted molar refractivity (Wildman–Crippen MR) is 172 cm³/mol. The summed E-state index contributed by atoms with van der Waals surface area (Å²) in [5, 5.41) is 8.29. The van der Waals surface area contributed by atoms with Crippen LogP contribution in [0.15, 0.2) is 35.2 Å². The van der Waals surface area contributed by atoms with E-state index < -0.39 is 69.0 Å². The quantitative estimate of drug-likeness (QED) is 0.233. The Bertz CT molecular complexity index is 1470. The average Bonchev–Trinajstić information content (AvgIpc) is 3.81. The lowest BCUT2D eigenvalue weighted by Crippen LogP contribution is -2.62. The molecule has 0 aromatic heterocycles. The Morgan fingerprint density at radius 2 is 1.61 bits per heavy atom. The number of amides is 5. The third-order valence-corrected chi connectivity index (χ3v) is 11.7. The molecule has 2 saturated carbocycles. The van der Waals surface area contributed by atoms with E-state index in [1.807, 2.05) is 13.8 Å². The molecule has 1 aliphatic heterocycles. The topological polar surface area (TPSA) is 185 Å². The summed E-state index contributed by atoms with van der Waals surface area (Å²) in [5.74, 6) is -3.40. The number of benzene rings is 1. The number of Topliss-reactive ketones (excluding diaryl/α,β-unsaturated/α-hetero) is 1. The molecule has 2 aliphatic carbocycles. The molecule has 1 aromatic carbocycles. The minimum Gasteiger partial charge on any atom is -0.363 e. The highest BCUT2D eigenvalue weighted by molar-refractivity contribution is 7.91. The summed E-state index contributed by atoms with van der Waals surface area (Å²) in [6.45, 7) is 13.4. The van der Waals surface area contributed by atoms with Crippen LogP contribution in [0.5, 0.6) is 0 Å². The second kappa shape index (κ2) is 13.0. The average molecular weight is 660 g/mol. The Kier molecular flexibility index (Phi) is 9.97. The van der Waals surface area contributed by atoms with Crippen LogP contribution in [0.1, 0.15) is 67.7 Å². The van der Waals surface area contributed by atoms with Crippen LogP contribution >= 0.6 is 0 Å². The van der Waals surface area contributed by atoms with Crippen molar-refractivity contribution in [3.8, 4) is 0 Å². The maximum atomic E-state index is 14.2. The van der Waals surface area contributed by atoms with Gasteiger partial charge in [-0.1, -0.05) is 79.5 Å². The van der Waals surface area contributed by atoms with Gasteiger partial charge in [-0.2, -0.15) is 0 Å². The van der Waals surface area contributed by atoms with E-state index in [0.717, 1.165) is 12.8 Å². The molecule has 1 heterocycles. The summed E-state index contributed by atoms with van der Waals surface area (Å²) in [5.41, 5.74) is 4.29. The van der Waals surface area contributed by atoms with Gasteiger partial charge in [-0.15, -0.1) is 0 Å². The minimum atomic E-state index is -3.71. The lowest BCUT2D eigenvalue weighted by Gasteiger charge is -2.38. The molecule has 5 amide bonds. The van der Waals surface area contributed by atoms with Crippen LogP contribution in [-0.4, -0.2) is 79.3 Å². The standard InChI is InChI=1S/C33H49N5O7S/c1-18(2)23(17-46(44,45)20-11-9-8-10-12-20)36-31(43)37-27(32(3,4)5)30(42)38-16-21-24(33(21,6)7)25(38)29(41)35-22(15-19-13-14-19)26(39)28(34)40/h8-12,18-19,21-25,27H,13-17H2,1-7H3,(H2,34,40)(H,35,41)(H2,36,37,43)/t21?,22?,23?,24?,25-,27+/m0/s1. The Morgan fingerprint density at radius 3 is 2.13 bits per heavy atom. The molecule has 13 heteroatoms. The van der Waals surface area contributed by atoms with Crippen LogP contribution in [0.4, 0.5) is 4.79 Å². The van der Waals surface area contributed by atoms with E-state index in [1.165, 1.54) is 17.0 Å². The number of hydrogen-bond acceptors (Lipinski definition) is 7. The van der Waals surface area contributed by atoms with Crippen molar-refractivity contribution in [2.75, 3.05) is 12.3 Å². The Hall–Kier alpha value is -3.48. The van der Waals surface area contributed by atoms with Gasteiger partial charge in [0.25, 0.3) is 5.91 Å². The fourth-order valence-corrected chi connectivity index (χ4v) is 8.38. The summed E-state index contributed by atoms with van der Waals surface area (Å²) in [6.07, 6.45) is 2.12. The molecule has 1 aromatic rings. The number of fused-ring (bicyclic) bond motifs is 1. The zero-order valence-electron chi connectivity index (χ0n) is 27.8. The van der Waals surface area contributed by atoms with Crippen molar-refractivity contribution in [2.24, 2.45) is 40.2 Å². The van der Waals surface area contributed by atoms with E-state index >= 15 is 0 Å². The molecule has 0 radical (unpaired) electrons. The van der Waals surface area contributed by atoms with Crippen LogP contribution in [0.25, 0.3) is 0 Å². The Balaban J connectivity index is 1.51. The number of sulfone groups is 1. The molecule has 6 atom stereocenters. The van der Waals surface area contributed by atoms with Gasteiger partial charge < -0.3 is 26.6 Å². The number of rotatable bonds is 13. The first-order valence-corrected chi connectivity index (χ1v) is 17.7. The normalized spacial score (nSPS) is 23.9. The fraction of sp³-hybridized carbons (Fsp3) is 0.667. The van der Waals surface area contributed by atoms with E-state index in [2.05, 4.69) is 16.0 Å². The van der Waals surface area contributed by atoms with Gasteiger partial charge in [-0.3, -0.25) is 19.2 Å². The van der Waals surface area contributed by atoms with Gasteiger partial charge in [0.05, 0.1) is 16.7 Å². The number of likely N-dealkylation sites (tertiary alicyclic amines) is 1. The summed E-state index contributed by atoms with van der Waals surface area (Å²) >= 11 is 0. The van der Waals surface area contributed by atoms with Crippen molar-refractivity contribution in [1.29, 1.82) is 0 Å². The van der Waals surface area contributed by atoms with E-state index in [0.29, 0.717) is 13.0 Å². The number of nitrogens with zero attached hydrogens (tertiary/aromatic N) is 1. The Morgan fingerprint density at radius 1 is 1.00 bits per heavy atom. The fourth-order valence-electron chi connectivity index (χ4n) is 6.68. The number of nitrogens with one attached hydrogen (secondary N) is 3. The molecular formula is C33H49N5O7S. The number of piperidine rings is 1. The highest BCUT2D eigenvalue weighted by Gasteiger charge is 2.70. The number of ketones is 1. The first kappa shape index (κ1) is 35.4. The van der Waals surface area contributed by atoms with Crippen LogP contribution in [-0.2, 0) is 29.0 Å². The largest absolute Gasteiger partial charge is 0.363 e. The van der Waals surface area contributed by atoms with Crippen LogP contribution in [0.2, 0.25) is 0 Å². The second-order valence-corrected chi connectivity index (χ2v) is 17.3. The SMILES string of the molecule is CC(C)C(CS(=O)(=O)c1ccccc1)NC(=O)N[C@H](C(=O)N1CC2C([C@H]1C(=O)NC(CC1CC1)C(=O)C(N)=O)C2(C)C)C(C)(C)C. The summed E-state index contributed by atoms with van der Waals surface area (Å²) < 4.78 is 26.2. The van der Waals surface area contributed by atoms with Gasteiger partial charge in [0.2, 0.25) is 17.6 Å². The van der Waals surface area contributed by atoms with E-state index in [-0.39, 0.29) is 39.7 Å². The number of nitrogens with two attached hydrogens (primary N) is 1. The van der Waals surface area contributed by atoms with Crippen LogP contribution in [0.3, 0.4) is 0 Å². The molecule has 5 N–H and O–H groups in total. The lowest BCUT2D eigenvalue weighted by atomic mass is 9.85. The zero-order valence-corrected chi connectivity index (χ0v) is 28.6. The van der Waals surface area contributed by atoms with Gasteiger partial charge in [0.15, 0.2) is 9.84 Å². The van der Waals surface area contributed by atoms with Crippen molar-refractivity contribution in [1.82, 2.24) is 20.9 Å². The molecule has 46 heavy (non-hydrogen) atoms. The van der Waals surface area contributed by atoms with Crippen LogP contribution in [0, 0.1) is 34.5 Å². The van der Waals surface area contributed by atoms with Crippen molar-refractivity contribution in [3.63, 3.8) is 0 Å². The van der Waals surface area contributed by atoms with Crippen molar-refractivity contribution in [3.05, 3.63) is 30.3 Å². The number of hydrogen-bond donors (Lipinski definition) is 4. The van der Waals surface area contributed by atoms with Gasteiger partial charge in [0.1, 0.15) is 12.1 Å². The maximum Gasteiger partial charge on any atom is 0.315 e. The highest BCUT2D eigenvalue weighted by atomic mass is 32.2.